The third-order valence-electron chi connectivity index (χ3n) is 9.31. The maximum atomic E-state index is 14.2. The summed E-state index contributed by atoms with van der Waals surface area (Å²) in [6, 6.07) is 17.3. The van der Waals surface area contributed by atoms with Gasteiger partial charge in [-0.2, -0.15) is 0 Å². The number of anilines is 1. The summed E-state index contributed by atoms with van der Waals surface area (Å²) < 4.78 is 11.0. The molecule has 1 heterocycles. The Balaban J connectivity index is 1.25. The Morgan fingerprint density at radius 3 is 2.40 bits per heavy atom. The standard InChI is InChI=1S/C30H38N2O3/c1-31(20-24-5-3-4-6-27(24)32-11-13-35-14-12-32)28(33)30-18-22-15-23(19-30)17-29(16-22,21-30)25-7-9-26(34-2)10-8-25/h3-10,22-23H,11-21H2,1-2H3. The molecule has 4 saturated carbocycles. The Hall–Kier alpha value is -2.53. The van der Waals surface area contributed by atoms with Crippen molar-refractivity contribution in [2.45, 2.75) is 50.5 Å². The Labute approximate surface area is 209 Å². The Bertz CT molecular complexity index is 1060. The summed E-state index contributed by atoms with van der Waals surface area (Å²) in [5, 5.41) is 0. The van der Waals surface area contributed by atoms with Gasteiger partial charge in [0.25, 0.3) is 0 Å². The second-order valence-corrected chi connectivity index (χ2v) is 11.6. The molecular weight excluding hydrogens is 436 g/mol. The van der Waals surface area contributed by atoms with Gasteiger partial charge >= 0.3 is 0 Å². The first-order valence-electron chi connectivity index (χ1n) is 13.3. The Kier molecular flexibility index (Phi) is 5.79. The zero-order chi connectivity index (χ0) is 24.0. The number of morpholine rings is 1. The summed E-state index contributed by atoms with van der Waals surface area (Å²) in [7, 11) is 3.75. The molecule has 5 aliphatic rings. The summed E-state index contributed by atoms with van der Waals surface area (Å²) in [5.41, 5.74) is 3.81. The van der Waals surface area contributed by atoms with E-state index < -0.39 is 0 Å². The average Bonchev–Trinajstić information content (AvgIpc) is 2.88. The first-order valence-corrected chi connectivity index (χ1v) is 13.3. The monoisotopic (exact) mass is 474 g/mol. The fraction of sp³-hybridized carbons (Fsp3) is 0.567. The number of hydrogen-bond donors (Lipinski definition) is 0. The largest absolute Gasteiger partial charge is 0.497 e. The minimum absolute atomic E-state index is 0.137. The van der Waals surface area contributed by atoms with E-state index in [1.807, 2.05) is 11.9 Å². The van der Waals surface area contributed by atoms with Crippen molar-refractivity contribution in [3.05, 3.63) is 59.7 Å². The number of carbonyl (C=O) groups is 1. The molecule has 186 valence electrons. The van der Waals surface area contributed by atoms with E-state index in [0.29, 0.717) is 24.3 Å². The molecule has 0 N–H and O–H groups in total. The second kappa shape index (κ2) is 8.85. The predicted octanol–water partition coefficient (Wildman–Crippen LogP) is 5.03. The van der Waals surface area contributed by atoms with Crippen LogP contribution in [-0.2, 0) is 21.5 Å². The molecule has 35 heavy (non-hydrogen) atoms. The van der Waals surface area contributed by atoms with E-state index in [-0.39, 0.29) is 10.8 Å². The van der Waals surface area contributed by atoms with E-state index in [1.54, 1.807) is 7.11 Å². The number of amides is 1. The van der Waals surface area contributed by atoms with E-state index >= 15 is 0 Å². The summed E-state index contributed by atoms with van der Waals surface area (Å²) in [4.78, 5) is 18.7. The third-order valence-corrected chi connectivity index (χ3v) is 9.31. The molecule has 2 atom stereocenters. The van der Waals surface area contributed by atoms with Gasteiger partial charge in [-0.3, -0.25) is 4.79 Å². The van der Waals surface area contributed by atoms with Crippen molar-refractivity contribution in [1.29, 1.82) is 0 Å². The molecule has 1 saturated heterocycles. The van der Waals surface area contributed by atoms with Crippen LogP contribution in [0.15, 0.2) is 48.5 Å². The van der Waals surface area contributed by atoms with Gasteiger partial charge in [-0.25, -0.2) is 0 Å². The minimum atomic E-state index is -0.216. The highest BCUT2D eigenvalue weighted by molar-refractivity contribution is 5.83. The van der Waals surface area contributed by atoms with E-state index in [2.05, 4.69) is 53.4 Å². The first-order chi connectivity index (χ1) is 17.0. The normalized spacial score (nSPS) is 31.4. The van der Waals surface area contributed by atoms with Gasteiger partial charge in [-0.15, -0.1) is 0 Å². The predicted molar refractivity (Wildman–Crippen MR) is 138 cm³/mol. The number of benzene rings is 2. The number of para-hydroxylation sites is 1. The molecule has 2 aromatic carbocycles. The van der Waals surface area contributed by atoms with Crippen LogP contribution in [0.25, 0.3) is 0 Å². The number of ether oxygens (including phenoxy) is 2. The van der Waals surface area contributed by atoms with Crippen molar-refractivity contribution in [2.75, 3.05) is 45.4 Å². The Morgan fingerprint density at radius 1 is 1.03 bits per heavy atom. The van der Waals surface area contributed by atoms with E-state index in [9.17, 15) is 4.79 Å². The SMILES string of the molecule is COc1ccc(C23CC4CC(CC(C(=O)N(C)Cc5ccccc5N5CCOCC5)(C4)C2)C3)cc1. The highest BCUT2D eigenvalue weighted by Gasteiger charge is 2.61. The first kappa shape index (κ1) is 22.9. The molecule has 5 nitrogen and oxygen atoms in total. The number of nitrogens with zero attached hydrogens (tertiary/aromatic N) is 2. The maximum Gasteiger partial charge on any atom is 0.228 e. The fourth-order valence-corrected chi connectivity index (χ4v) is 8.28. The molecule has 7 rings (SSSR count). The van der Waals surface area contributed by atoms with Gasteiger partial charge in [-0.1, -0.05) is 30.3 Å². The van der Waals surface area contributed by atoms with Crippen molar-refractivity contribution in [1.82, 2.24) is 4.90 Å². The van der Waals surface area contributed by atoms with Gasteiger partial charge in [0.05, 0.1) is 25.7 Å². The molecule has 0 aromatic heterocycles. The molecule has 4 bridgehead atoms. The van der Waals surface area contributed by atoms with Crippen LogP contribution >= 0.6 is 0 Å². The van der Waals surface area contributed by atoms with Gasteiger partial charge in [-0.05, 0) is 85.1 Å². The molecule has 2 unspecified atom stereocenters. The van der Waals surface area contributed by atoms with Gasteiger partial charge in [0.1, 0.15) is 5.75 Å². The van der Waals surface area contributed by atoms with Crippen molar-refractivity contribution < 1.29 is 14.3 Å². The molecule has 1 aliphatic heterocycles. The third kappa shape index (κ3) is 4.02. The maximum absolute atomic E-state index is 14.2. The lowest BCUT2D eigenvalue weighted by Gasteiger charge is -2.62. The smallest absolute Gasteiger partial charge is 0.228 e. The fourth-order valence-electron chi connectivity index (χ4n) is 8.28. The molecule has 5 heteroatoms. The molecule has 1 amide bonds. The summed E-state index contributed by atoms with van der Waals surface area (Å²) in [6.07, 6.45) is 6.89. The molecule has 0 radical (unpaired) electrons. The second-order valence-electron chi connectivity index (χ2n) is 11.6. The van der Waals surface area contributed by atoms with Gasteiger partial charge in [0, 0.05) is 32.4 Å². The van der Waals surface area contributed by atoms with Crippen LogP contribution in [0, 0.1) is 17.3 Å². The van der Waals surface area contributed by atoms with Crippen molar-refractivity contribution in [3.63, 3.8) is 0 Å². The van der Waals surface area contributed by atoms with Crippen LogP contribution in [0.4, 0.5) is 5.69 Å². The van der Waals surface area contributed by atoms with E-state index in [0.717, 1.165) is 51.3 Å². The number of hydrogen-bond acceptors (Lipinski definition) is 4. The van der Waals surface area contributed by atoms with Gasteiger partial charge in [0.2, 0.25) is 5.91 Å². The zero-order valence-electron chi connectivity index (χ0n) is 21.2. The lowest BCUT2D eigenvalue weighted by atomic mass is 9.42. The van der Waals surface area contributed by atoms with Crippen LogP contribution in [0.3, 0.4) is 0 Å². The molecule has 2 aromatic rings. The molecule has 0 spiro atoms. The minimum Gasteiger partial charge on any atom is -0.497 e. The number of rotatable bonds is 6. The van der Waals surface area contributed by atoms with Gasteiger partial charge < -0.3 is 19.3 Å². The molecule has 4 aliphatic carbocycles. The van der Waals surface area contributed by atoms with Crippen molar-refractivity contribution in [2.24, 2.45) is 17.3 Å². The summed E-state index contributed by atoms with van der Waals surface area (Å²) in [5.74, 6) is 2.59. The van der Waals surface area contributed by atoms with Crippen LogP contribution < -0.4 is 9.64 Å². The lowest BCUT2D eigenvalue weighted by molar-refractivity contribution is -0.159. The summed E-state index contributed by atoms with van der Waals surface area (Å²) >= 11 is 0. The van der Waals surface area contributed by atoms with Crippen LogP contribution in [0.5, 0.6) is 5.75 Å². The van der Waals surface area contributed by atoms with E-state index in [4.69, 9.17) is 9.47 Å². The number of carbonyl (C=O) groups excluding carboxylic acids is 1. The van der Waals surface area contributed by atoms with Crippen LogP contribution in [-0.4, -0.2) is 51.3 Å². The van der Waals surface area contributed by atoms with Crippen LogP contribution in [0.2, 0.25) is 0 Å². The highest BCUT2D eigenvalue weighted by Crippen LogP contribution is 2.66. The number of methoxy groups -OCH3 is 1. The van der Waals surface area contributed by atoms with Crippen LogP contribution in [0.1, 0.15) is 49.7 Å². The zero-order valence-corrected chi connectivity index (χ0v) is 21.2. The molecular formula is C30H38N2O3. The van der Waals surface area contributed by atoms with E-state index in [1.165, 1.54) is 36.1 Å². The van der Waals surface area contributed by atoms with Gasteiger partial charge in [0.15, 0.2) is 0 Å². The quantitative estimate of drug-likeness (QED) is 0.589. The highest BCUT2D eigenvalue weighted by atomic mass is 16.5. The summed E-state index contributed by atoms with van der Waals surface area (Å²) in [6.45, 7) is 4.02. The lowest BCUT2D eigenvalue weighted by Crippen LogP contribution is -2.59. The Morgan fingerprint density at radius 2 is 1.71 bits per heavy atom. The van der Waals surface area contributed by atoms with Crippen molar-refractivity contribution in [3.8, 4) is 5.75 Å². The molecule has 5 fully saturated rings. The van der Waals surface area contributed by atoms with Crippen molar-refractivity contribution >= 4 is 11.6 Å². The topological polar surface area (TPSA) is 42.0 Å². The average molecular weight is 475 g/mol.